The van der Waals surface area contributed by atoms with Gasteiger partial charge in [0.2, 0.25) is 17.7 Å². The van der Waals surface area contributed by atoms with Crippen LogP contribution in [0.5, 0.6) is 5.75 Å². The fourth-order valence-electron chi connectivity index (χ4n) is 5.86. The van der Waals surface area contributed by atoms with Crippen molar-refractivity contribution < 1.29 is 19.1 Å². The van der Waals surface area contributed by atoms with E-state index < -0.39 is 0 Å². The van der Waals surface area contributed by atoms with Crippen molar-refractivity contribution in [2.75, 3.05) is 59.5 Å². The summed E-state index contributed by atoms with van der Waals surface area (Å²) in [4.78, 5) is 48.0. The fourth-order valence-corrected chi connectivity index (χ4v) is 5.86. The summed E-state index contributed by atoms with van der Waals surface area (Å²) in [6.45, 7) is 9.42. The molecule has 3 heterocycles. The molecule has 3 aliphatic heterocycles. The molecule has 3 aliphatic rings. The largest absolute Gasteiger partial charge is 0.489 e. The Hall–Kier alpha value is -2.87. The molecule has 2 saturated heterocycles. The zero-order valence-corrected chi connectivity index (χ0v) is 23.3. The van der Waals surface area contributed by atoms with Gasteiger partial charge >= 0.3 is 0 Å². The average Bonchev–Trinajstić information content (AvgIpc) is 2.93. The van der Waals surface area contributed by atoms with E-state index in [0.29, 0.717) is 32.7 Å². The Morgan fingerprint density at radius 3 is 2.47 bits per heavy atom. The van der Waals surface area contributed by atoms with Crippen molar-refractivity contribution in [2.45, 2.75) is 46.1 Å². The number of benzene rings is 1. The van der Waals surface area contributed by atoms with Crippen LogP contribution < -0.4 is 4.74 Å². The number of fused-ring (bicyclic) bond motifs is 3. The van der Waals surface area contributed by atoms with Gasteiger partial charge < -0.3 is 24.3 Å². The smallest absolute Gasteiger partial charge is 0.242 e. The van der Waals surface area contributed by atoms with E-state index in [4.69, 9.17) is 4.74 Å². The molecule has 8 nitrogen and oxygen atoms in total. The summed E-state index contributed by atoms with van der Waals surface area (Å²) in [5.74, 6) is 1.10. The zero-order valence-electron chi connectivity index (χ0n) is 23.3. The molecule has 8 heteroatoms. The molecular formula is C30H44N4O4. The van der Waals surface area contributed by atoms with Crippen LogP contribution in [0.1, 0.15) is 45.1 Å². The standard InChI is InChI=1S/C30H44N4O4/c1-4-23(5-2)30(37)34-21-26-9-6-7-11-27(26)38-18-8-10-25-20-33(29(36)22-34)13-12-24(25)19-28(35)32-16-14-31(3)15-17-32/h6-11,23-25H,4-5,12-22H2,1-3H3/b10-8-/t24-,25-/m0/s1. The highest BCUT2D eigenvalue weighted by atomic mass is 16.5. The van der Waals surface area contributed by atoms with E-state index in [0.717, 1.165) is 56.8 Å². The first-order chi connectivity index (χ1) is 18.4. The summed E-state index contributed by atoms with van der Waals surface area (Å²) in [6, 6.07) is 7.76. The molecule has 0 unspecified atom stereocenters. The molecule has 0 saturated carbocycles. The summed E-state index contributed by atoms with van der Waals surface area (Å²) in [7, 11) is 2.09. The minimum absolute atomic E-state index is 0.0235. The lowest BCUT2D eigenvalue weighted by Crippen LogP contribution is -2.50. The zero-order chi connectivity index (χ0) is 27.1. The second-order valence-electron chi connectivity index (χ2n) is 11.0. The summed E-state index contributed by atoms with van der Waals surface area (Å²) < 4.78 is 6.13. The van der Waals surface area contributed by atoms with Gasteiger partial charge in [0, 0.05) is 63.7 Å². The number of hydrogen-bond acceptors (Lipinski definition) is 5. The van der Waals surface area contributed by atoms with Crippen molar-refractivity contribution in [3.63, 3.8) is 0 Å². The van der Waals surface area contributed by atoms with Gasteiger partial charge in [-0.15, -0.1) is 0 Å². The molecule has 2 fully saturated rings. The first kappa shape index (κ1) is 28.1. The van der Waals surface area contributed by atoms with Gasteiger partial charge in [0.25, 0.3) is 0 Å². The van der Waals surface area contributed by atoms with E-state index >= 15 is 0 Å². The van der Waals surface area contributed by atoms with Gasteiger partial charge in [0.15, 0.2) is 0 Å². The molecule has 2 atom stereocenters. The van der Waals surface area contributed by atoms with E-state index in [1.807, 2.05) is 54.0 Å². The van der Waals surface area contributed by atoms with Crippen molar-refractivity contribution in [3.05, 3.63) is 42.0 Å². The summed E-state index contributed by atoms with van der Waals surface area (Å²) in [6.07, 6.45) is 6.93. The molecule has 1 aromatic carbocycles. The van der Waals surface area contributed by atoms with E-state index in [-0.39, 0.29) is 42.0 Å². The molecule has 0 spiro atoms. The Morgan fingerprint density at radius 1 is 1.00 bits per heavy atom. The maximum absolute atomic E-state index is 13.6. The highest BCUT2D eigenvalue weighted by Gasteiger charge is 2.34. The number of piperidine rings is 1. The topological polar surface area (TPSA) is 73.4 Å². The Kier molecular flexibility index (Phi) is 9.83. The van der Waals surface area contributed by atoms with Crippen LogP contribution >= 0.6 is 0 Å². The van der Waals surface area contributed by atoms with E-state index in [2.05, 4.69) is 18.0 Å². The van der Waals surface area contributed by atoms with Crippen LogP contribution in [0.25, 0.3) is 0 Å². The first-order valence-electron chi connectivity index (χ1n) is 14.3. The molecule has 4 rings (SSSR count). The number of nitrogens with zero attached hydrogens (tertiary/aromatic N) is 4. The highest BCUT2D eigenvalue weighted by Crippen LogP contribution is 2.30. The molecule has 0 aromatic heterocycles. The predicted molar refractivity (Wildman–Crippen MR) is 147 cm³/mol. The lowest BCUT2D eigenvalue weighted by atomic mass is 9.82. The third kappa shape index (κ3) is 6.95. The second kappa shape index (κ2) is 13.3. The van der Waals surface area contributed by atoms with Gasteiger partial charge in [-0.3, -0.25) is 14.4 Å². The van der Waals surface area contributed by atoms with E-state index in [1.54, 1.807) is 4.90 Å². The van der Waals surface area contributed by atoms with Gasteiger partial charge in [0.05, 0.1) is 0 Å². The molecule has 1 aromatic rings. The molecule has 2 bridgehead atoms. The van der Waals surface area contributed by atoms with E-state index in [9.17, 15) is 14.4 Å². The van der Waals surface area contributed by atoms with Crippen molar-refractivity contribution in [1.29, 1.82) is 0 Å². The molecular weight excluding hydrogens is 480 g/mol. The minimum atomic E-state index is -0.104. The highest BCUT2D eigenvalue weighted by molar-refractivity contribution is 5.86. The quantitative estimate of drug-likeness (QED) is 0.554. The third-order valence-electron chi connectivity index (χ3n) is 8.48. The summed E-state index contributed by atoms with van der Waals surface area (Å²) >= 11 is 0. The SMILES string of the molecule is CCC(CC)C(=O)N1CC(=O)N2CC[C@@H](CC(=O)N3CCN(C)CC3)[C@@H](/C=C\COc3ccccc3C1)C2. The number of ether oxygens (including phenoxy) is 1. The van der Waals surface area contributed by atoms with Crippen LogP contribution in [-0.2, 0) is 20.9 Å². The number of hydrogen-bond donors (Lipinski definition) is 0. The number of likely N-dealkylation sites (N-methyl/N-ethyl adjacent to an activating group) is 1. The van der Waals surface area contributed by atoms with Gasteiger partial charge in [-0.2, -0.15) is 0 Å². The third-order valence-corrected chi connectivity index (χ3v) is 8.48. The average molecular weight is 525 g/mol. The van der Waals surface area contributed by atoms with Crippen LogP contribution in [0.15, 0.2) is 36.4 Å². The van der Waals surface area contributed by atoms with Gasteiger partial charge in [-0.05, 0) is 44.2 Å². The van der Waals surface area contributed by atoms with Crippen molar-refractivity contribution >= 4 is 17.7 Å². The molecule has 0 aliphatic carbocycles. The lowest BCUT2D eigenvalue weighted by molar-refractivity contribution is -0.145. The van der Waals surface area contributed by atoms with Crippen LogP contribution in [0.2, 0.25) is 0 Å². The molecule has 208 valence electrons. The van der Waals surface area contributed by atoms with E-state index in [1.165, 1.54) is 0 Å². The van der Waals surface area contributed by atoms with Crippen molar-refractivity contribution in [2.24, 2.45) is 17.8 Å². The summed E-state index contributed by atoms with van der Waals surface area (Å²) in [5, 5.41) is 0. The molecule has 0 N–H and O–H groups in total. The van der Waals surface area contributed by atoms with Crippen LogP contribution in [0.3, 0.4) is 0 Å². The number of rotatable bonds is 5. The monoisotopic (exact) mass is 524 g/mol. The summed E-state index contributed by atoms with van der Waals surface area (Å²) in [5.41, 5.74) is 0.904. The van der Waals surface area contributed by atoms with Crippen molar-refractivity contribution in [3.8, 4) is 5.75 Å². The molecule has 3 amide bonds. The van der Waals surface area contributed by atoms with Gasteiger partial charge in [-0.1, -0.05) is 44.2 Å². The maximum Gasteiger partial charge on any atom is 0.242 e. The number of piperazine rings is 1. The van der Waals surface area contributed by atoms with Gasteiger partial charge in [-0.25, -0.2) is 0 Å². The van der Waals surface area contributed by atoms with Gasteiger partial charge in [0.1, 0.15) is 18.9 Å². The normalized spacial score (nSPS) is 24.1. The second-order valence-corrected chi connectivity index (χ2v) is 11.0. The van der Waals surface area contributed by atoms with Crippen molar-refractivity contribution in [1.82, 2.24) is 19.6 Å². The van der Waals surface area contributed by atoms with Crippen LogP contribution in [-0.4, -0.2) is 96.8 Å². The molecule has 0 radical (unpaired) electrons. The molecule has 38 heavy (non-hydrogen) atoms. The Balaban J connectivity index is 1.53. The maximum atomic E-state index is 13.6. The number of carbonyl (C=O) groups is 3. The number of carbonyl (C=O) groups excluding carboxylic acids is 3. The Bertz CT molecular complexity index is 1000. The number of amides is 3. The van der Waals surface area contributed by atoms with Crippen LogP contribution in [0.4, 0.5) is 0 Å². The Labute approximate surface area is 227 Å². The first-order valence-corrected chi connectivity index (χ1v) is 14.3. The lowest BCUT2D eigenvalue weighted by Gasteiger charge is -2.39. The number of para-hydroxylation sites is 1. The van der Waals surface area contributed by atoms with Crippen LogP contribution in [0, 0.1) is 17.8 Å². The fraction of sp³-hybridized carbons (Fsp3) is 0.633. The predicted octanol–water partition coefficient (Wildman–Crippen LogP) is 3.03. The minimum Gasteiger partial charge on any atom is -0.489 e. The Morgan fingerprint density at radius 2 is 1.74 bits per heavy atom.